The van der Waals surface area contributed by atoms with Gasteiger partial charge in [-0.1, -0.05) is 37.5 Å². The highest BCUT2D eigenvalue weighted by Crippen LogP contribution is 2.40. The van der Waals surface area contributed by atoms with Crippen molar-refractivity contribution in [2.24, 2.45) is 0 Å². The summed E-state index contributed by atoms with van der Waals surface area (Å²) in [6, 6.07) is 11.2. The molecule has 1 atom stereocenters. The van der Waals surface area contributed by atoms with Crippen LogP contribution < -0.4 is 10.2 Å². The fraction of sp³-hybridized carbons (Fsp3) is 0.375. The molecule has 33 heavy (non-hydrogen) atoms. The van der Waals surface area contributed by atoms with Crippen molar-refractivity contribution in [3.8, 4) is 0 Å². The topological polar surface area (TPSA) is 67.2 Å². The fourth-order valence-corrected chi connectivity index (χ4v) is 4.90. The quantitative estimate of drug-likeness (QED) is 0.579. The van der Waals surface area contributed by atoms with Crippen LogP contribution in [-0.2, 0) is 15.8 Å². The number of carbonyl (C=O) groups is 2. The minimum absolute atomic E-state index is 0.0401. The lowest BCUT2D eigenvalue weighted by Crippen LogP contribution is -2.41. The number of benzene rings is 2. The van der Waals surface area contributed by atoms with Crippen LogP contribution in [0.5, 0.6) is 0 Å². The van der Waals surface area contributed by atoms with Gasteiger partial charge in [0.15, 0.2) is 0 Å². The number of carbonyl (C=O) groups excluding carboxylic acids is 2. The van der Waals surface area contributed by atoms with Crippen LogP contribution in [0.3, 0.4) is 0 Å². The lowest BCUT2D eigenvalue weighted by atomic mass is 9.94. The van der Waals surface area contributed by atoms with Gasteiger partial charge in [-0.05, 0) is 43.2 Å². The summed E-state index contributed by atoms with van der Waals surface area (Å²) in [4.78, 5) is 32.7. The Kier molecular flexibility index (Phi) is 5.34. The molecule has 1 N–H and O–H groups in total. The second kappa shape index (κ2) is 8.20. The van der Waals surface area contributed by atoms with E-state index in [0.29, 0.717) is 5.95 Å². The molecular weight excluding hydrogens is 433 g/mol. The largest absolute Gasteiger partial charge is 0.416 e. The molecular formula is C24H23F3N4O2. The Morgan fingerprint density at radius 3 is 2.58 bits per heavy atom. The monoisotopic (exact) mass is 456 g/mol. The fourth-order valence-electron chi connectivity index (χ4n) is 4.90. The van der Waals surface area contributed by atoms with Crippen LogP contribution in [-0.4, -0.2) is 27.4 Å². The van der Waals surface area contributed by atoms with Gasteiger partial charge in [-0.2, -0.15) is 13.2 Å². The SMILES string of the molecule is O=C(C[C@@H]1C(=O)N(C2CCCCC2)c2nc3ccccc3n21)Nc1cccc(C(F)(F)F)c1. The van der Waals surface area contributed by atoms with Crippen molar-refractivity contribution in [3.63, 3.8) is 0 Å². The van der Waals surface area contributed by atoms with Crippen molar-refractivity contribution >= 4 is 34.5 Å². The normalized spacial score (nSPS) is 19.2. The average molecular weight is 456 g/mol. The molecule has 0 radical (unpaired) electrons. The highest BCUT2D eigenvalue weighted by atomic mass is 19.4. The molecule has 1 aliphatic heterocycles. The van der Waals surface area contributed by atoms with Crippen molar-refractivity contribution in [2.75, 3.05) is 10.2 Å². The van der Waals surface area contributed by atoms with Gasteiger partial charge in [-0.15, -0.1) is 0 Å². The summed E-state index contributed by atoms with van der Waals surface area (Å²) in [7, 11) is 0. The maximum Gasteiger partial charge on any atom is 0.416 e. The van der Waals surface area contributed by atoms with Crippen molar-refractivity contribution < 1.29 is 22.8 Å². The van der Waals surface area contributed by atoms with Gasteiger partial charge in [0, 0.05) is 11.7 Å². The molecule has 0 spiro atoms. The van der Waals surface area contributed by atoms with E-state index in [1.54, 1.807) is 9.47 Å². The molecule has 1 aliphatic carbocycles. The Hall–Kier alpha value is -3.36. The van der Waals surface area contributed by atoms with E-state index in [1.165, 1.54) is 12.1 Å². The summed E-state index contributed by atoms with van der Waals surface area (Å²) < 4.78 is 40.8. The number of para-hydroxylation sites is 2. The maximum atomic E-state index is 13.5. The molecule has 2 aliphatic rings. The van der Waals surface area contributed by atoms with Crippen LogP contribution >= 0.6 is 0 Å². The average Bonchev–Trinajstić information content (AvgIpc) is 3.28. The van der Waals surface area contributed by atoms with Gasteiger partial charge in [-0.3, -0.25) is 19.1 Å². The van der Waals surface area contributed by atoms with Gasteiger partial charge in [-0.25, -0.2) is 4.98 Å². The predicted octanol–water partition coefficient (Wildman–Crippen LogP) is 5.30. The van der Waals surface area contributed by atoms with Crippen LogP contribution in [0.25, 0.3) is 11.0 Å². The Balaban J connectivity index is 1.43. The first-order valence-electron chi connectivity index (χ1n) is 11.1. The van der Waals surface area contributed by atoms with Crippen LogP contribution in [0.4, 0.5) is 24.8 Å². The standard InChI is InChI=1S/C24H23F3N4O2/c25-24(26,27)15-7-6-8-16(13-15)28-21(32)14-20-22(33)30(17-9-2-1-3-10-17)23-29-18-11-4-5-12-19(18)31(20)23/h4-8,11-13,17,20H,1-3,9-10,14H2,(H,28,32)/t20-/m1/s1. The molecule has 5 rings (SSSR count). The van der Waals surface area contributed by atoms with Gasteiger partial charge in [0.2, 0.25) is 11.9 Å². The first kappa shape index (κ1) is 21.5. The number of hydrogen-bond acceptors (Lipinski definition) is 3. The first-order chi connectivity index (χ1) is 15.8. The van der Waals surface area contributed by atoms with E-state index in [-0.39, 0.29) is 24.1 Å². The molecule has 6 nitrogen and oxygen atoms in total. The van der Waals surface area contributed by atoms with Crippen molar-refractivity contribution in [1.82, 2.24) is 9.55 Å². The smallest absolute Gasteiger partial charge is 0.326 e. The number of halogens is 3. The molecule has 2 heterocycles. The summed E-state index contributed by atoms with van der Waals surface area (Å²) in [6.07, 6.45) is 0.289. The zero-order chi connectivity index (χ0) is 23.2. The molecule has 3 aromatic rings. The van der Waals surface area contributed by atoms with E-state index < -0.39 is 23.7 Å². The summed E-state index contributed by atoms with van der Waals surface area (Å²) in [5.41, 5.74) is 0.698. The summed E-state index contributed by atoms with van der Waals surface area (Å²) in [5.74, 6) is -0.166. The van der Waals surface area contributed by atoms with E-state index in [4.69, 9.17) is 4.98 Å². The predicted molar refractivity (Wildman–Crippen MR) is 118 cm³/mol. The van der Waals surface area contributed by atoms with Crippen molar-refractivity contribution in [1.29, 1.82) is 0 Å². The Labute approximate surface area is 188 Å². The lowest BCUT2D eigenvalue weighted by molar-refractivity contribution is -0.137. The number of nitrogens with zero attached hydrogens (tertiary/aromatic N) is 3. The van der Waals surface area contributed by atoms with Crippen molar-refractivity contribution in [2.45, 2.75) is 56.8 Å². The minimum atomic E-state index is -4.51. The molecule has 172 valence electrons. The number of amides is 2. The number of imidazole rings is 1. The van der Waals surface area contributed by atoms with Crippen LogP contribution in [0, 0.1) is 0 Å². The second-order valence-corrected chi connectivity index (χ2v) is 8.62. The third-order valence-electron chi connectivity index (χ3n) is 6.42. The number of hydrogen-bond donors (Lipinski definition) is 1. The van der Waals surface area contributed by atoms with E-state index >= 15 is 0 Å². The Bertz CT molecular complexity index is 1210. The third kappa shape index (κ3) is 3.96. The van der Waals surface area contributed by atoms with E-state index in [2.05, 4.69) is 5.32 Å². The Morgan fingerprint density at radius 1 is 1.06 bits per heavy atom. The van der Waals surface area contributed by atoms with E-state index in [1.807, 2.05) is 24.3 Å². The highest BCUT2D eigenvalue weighted by molar-refractivity contribution is 6.05. The molecule has 1 aromatic heterocycles. The summed E-state index contributed by atoms with van der Waals surface area (Å²) >= 11 is 0. The molecule has 0 saturated heterocycles. The van der Waals surface area contributed by atoms with Crippen molar-refractivity contribution in [3.05, 3.63) is 54.1 Å². The molecule has 1 fully saturated rings. The number of fused-ring (bicyclic) bond motifs is 3. The number of alkyl halides is 3. The third-order valence-corrected chi connectivity index (χ3v) is 6.42. The second-order valence-electron chi connectivity index (χ2n) is 8.62. The molecule has 0 unspecified atom stereocenters. The summed E-state index contributed by atoms with van der Waals surface area (Å²) in [5, 5.41) is 2.52. The van der Waals surface area contributed by atoms with Gasteiger partial charge in [0.05, 0.1) is 23.0 Å². The first-order valence-corrected chi connectivity index (χ1v) is 11.1. The van der Waals surface area contributed by atoms with Crippen LogP contribution in [0.2, 0.25) is 0 Å². The number of nitrogens with one attached hydrogen (secondary N) is 1. The zero-order valence-electron chi connectivity index (χ0n) is 17.8. The van der Waals surface area contributed by atoms with Gasteiger partial charge in [0.25, 0.3) is 5.91 Å². The lowest BCUT2D eigenvalue weighted by Gasteiger charge is -2.30. The Morgan fingerprint density at radius 2 is 1.82 bits per heavy atom. The van der Waals surface area contributed by atoms with Crippen LogP contribution in [0.15, 0.2) is 48.5 Å². The minimum Gasteiger partial charge on any atom is -0.326 e. The molecule has 9 heteroatoms. The summed E-state index contributed by atoms with van der Waals surface area (Å²) in [6.45, 7) is 0. The van der Waals surface area contributed by atoms with Gasteiger partial charge >= 0.3 is 6.18 Å². The zero-order valence-corrected chi connectivity index (χ0v) is 17.8. The van der Waals surface area contributed by atoms with E-state index in [9.17, 15) is 22.8 Å². The number of rotatable bonds is 4. The highest BCUT2D eigenvalue weighted by Gasteiger charge is 2.44. The molecule has 2 aromatic carbocycles. The number of aromatic nitrogens is 2. The molecule has 0 bridgehead atoms. The van der Waals surface area contributed by atoms with Gasteiger partial charge in [0.1, 0.15) is 6.04 Å². The van der Waals surface area contributed by atoms with Crippen LogP contribution in [0.1, 0.15) is 50.1 Å². The van der Waals surface area contributed by atoms with E-state index in [0.717, 1.165) is 55.3 Å². The molecule has 1 saturated carbocycles. The number of anilines is 2. The molecule has 2 amide bonds. The van der Waals surface area contributed by atoms with Gasteiger partial charge < -0.3 is 5.32 Å². The maximum absolute atomic E-state index is 13.5.